The second kappa shape index (κ2) is 7.84. The lowest BCUT2D eigenvalue weighted by molar-refractivity contribution is 0.310. The Morgan fingerprint density at radius 2 is 2.20 bits per heavy atom. The summed E-state index contributed by atoms with van der Waals surface area (Å²) in [6.07, 6.45) is 6.09. The maximum atomic E-state index is 9.70. The molecule has 0 spiro atoms. The lowest BCUT2D eigenvalue weighted by atomic mass is 10.1. The first kappa shape index (κ1) is 17.0. The van der Waals surface area contributed by atoms with Gasteiger partial charge in [0.25, 0.3) is 0 Å². The van der Waals surface area contributed by atoms with Crippen molar-refractivity contribution in [1.82, 2.24) is 14.8 Å². The summed E-state index contributed by atoms with van der Waals surface area (Å²) in [6.45, 7) is 3.33. The summed E-state index contributed by atoms with van der Waals surface area (Å²) in [5.74, 6) is 2.87. The van der Waals surface area contributed by atoms with Gasteiger partial charge in [-0.15, -0.1) is 10.2 Å². The van der Waals surface area contributed by atoms with E-state index in [9.17, 15) is 5.26 Å². The van der Waals surface area contributed by atoms with Gasteiger partial charge in [0.15, 0.2) is 17.3 Å². The molecule has 2 heterocycles. The van der Waals surface area contributed by atoms with Gasteiger partial charge in [0.1, 0.15) is 11.9 Å². The number of fused-ring (bicyclic) bond motifs is 1. The van der Waals surface area contributed by atoms with Crippen LogP contribution < -0.4 is 9.47 Å². The fourth-order valence-corrected chi connectivity index (χ4v) is 3.12. The highest BCUT2D eigenvalue weighted by molar-refractivity contribution is 5.89. The first-order chi connectivity index (χ1) is 12.3. The summed E-state index contributed by atoms with van der Waals surface area (Å²) >= 11 is 0. The highest BCUT2D eigenvalue weighted by Gasteiger charge is 2.18. The van der Waals surface area contributed by atoms with Crippen LogP contribution >= 0.6 is 0 Å². The number of hydrogen-bond donors (Lipinski definition) is 0. The Bertz CT molecular complexity index is 817. The predicted molar refractivity (Wildman–Crippen MR) is 95.2 cm³/mol. The van der Waals surface area contributed by atoms with Crippen LogP contribution in [0.1, 0.15) is 43.4 Å². The Morgan fingerprint density at radius 3 is 2.96 bits per heavy atom. The Labute approximate surface area is 147 Å². The van der Waals surface area contributed by atoms with Crippen molar-refractivity contribution in [3.05, 3.63) is 35.4 Å². The van der Waals surface area contributed by atoms with Crippen molar-refractivity contribution in [1.29, 1.82) is 5.26 Å². The summed E-state index contributed by atoms with van der Waals surface area (Å²) in [6, 6.07) is 7.91. The third-order valence-corrected chi connectivity index (χ3v) is 4.28. The van der Waals surface area contributed by atoms with Gasteiger partial charge in [0.2, 0.25) is 0 Å². The number of allylic oxidation sites excluding steroid dienone is 1. The third-order valence-electron chi connectivity index (χ3n) is 4.28. The van der Waals surface area contributed by atoms with Crippen LogP contribution in [0.2, 0.25) is 0 Å². The van der Waals surface area contributed by atoms with Gasteiger partial charge in [-0.2, -0.15) is 5.26 Å². The Kier molecular flexibility index (Phi) is 5.34. The lowest BCUT2D eigenvalue weighted by Crippen LogP contribution is -2.05. The predicted octanol–water partition coefficient (Wildman–Crippen LogP) is 3.48. The molecule has 25 heavy (non-hydrogen) atoms. The van der Waals surface area contributed by atoms with Crippen LogP contribution in [0.15, 0.2) is 18.2 Å². The molecule has 130 valence electrons. The molecule has 0 radical (unpaired) electrons. The van der Waals surface area contributed by atoms with Crippen molar-refractivity contribution in [2.24, 2.45) is 0 Å². The average Bonchev–Trinajstić information content (AvgIpc) is 2.88. The van der Waals surface area contributed by atoms with Crippen molar-refractivity contribution < 1.29 is 9.47 Å². The van der Waals surface area contributed by atoms with Crippen LogP contribution in [0.5, 0.6) is 11.5 Å². The largest absolute Gasteiger partial charge is 0.492 e. The summed E-state index contributed by atoms with van der Waals surface area (Å²) in [7, 11) is 1.60. The van der Waals surface area contributed by atoms with E-state index in [0.29, 0.717) is 29.5 Å². The quantitative estimate of drug-likeness (QED) is 0.781. The molecule has 0 fully saturated rings. The molecule has 0 saturated heterocycles. The van der Waals surface area contributed by atoms with Crippen molar-refractivity contribution in [3.63, 3.8) is 0 Å². The van der Waals surface area contributed by atoms with Gasteiger partial charge in [0, 0.05) is 18.5 Å². The number of aromatic nitrogens is 3. The zero-order chi connectivity index (χ0) is 17.6. The first-order valence-electron chi connectivity index (χ1n) is 8.62. The number of rotatable bonds is 5. The number of para-hydroxylation sites is 1. The van der Waals surface area contributed by atoms with Crippen molar-refractivity contribution in [2.45, 2.75) is 39.2 Å². The van der Waals surface area contributed by atoms with Crippen LogP contribution in [-0.2, 0) is 13.0 Å². The van der Waals surface area contributed by atoms with Gasteiger partial charge in [0.05, 0.1) is 19.3 Å². The number of hydrogen-bond acceptors (Lipinski definition) is 5. The van der Waals surface area contributed by atoms with Gasteiger partial charge in [-0.1, -0.05) is 18.6 Å². The fraction of sp³-hybridized carbons (Fsp3) is 0.421. The number of benzene rings is 1. The zero-order valence-electron chi connectivity index (χ0n) is 14.7. The van der Waals surface area contributed by atoms with E-state index in [-0.39, 0.29) is 0 Å². The summed E-state index contributed by atoms with van der Waals surface area (Å²) < 4.78 is 13.2. The molecule has 0 bridgehead atoms. The van der Waals surface area contributed by atoms with E-state index in [1.165, 1.54) is 6.42 Å². The third kappa shape index (κ3) is 3.50. The van der Waals surface area contributed by atoms with Gasteiger partial charge in [-0.3, -0.25) is 0 Å². The molecule has 1 aliphatic rings. The van der Waals surface area contributed by atoms with E-state index in [1.54, 1.807) is 13.2 Å². The average molecular weight is 338 g/mol. The van der Waals surface area contributed by atoms with E-state index in [2.05, 4.69) is 20.8 Å². The first-order valence-corrected chi connectivity index (χ1v) is 8.62. The lowest BCUT2D eigenvalue weighted by Gasteiger charge is -2.12. The number of aryl methyl sites for hydroxylation is 1. The molecule has 0 saturated carbocycles. The van der Waals surface area contributed by atoms with Crippen LogP contribution in [-0.4, -0.2) is 28.5 Å². The minimum absolute atomic E-state index is 0.479. The van der Waals surface area contributed by atoms with Crippen LogP contribution in [0.3, 0.4) is 0 Å². The molecule has 1 aromatic heterocycles. The molecule has 0 amide bonds. The van der Waals surface area contributed by atoms with Gasteiger partial charge < -0.3 is 14.0 Å². The standard InChI is InChI=1S/C19H22N4O2/c1-3-25-16-9-7-8-14(18(16)24-2)12-15(13-20)19-22-21-17-10-5-4-6-11-23(17)19/h7-9,12H,3-6,10-11H2,1-2H3/b15-12+. The number of methoxy groups -OCH3 is 1. The molecule has 1 aromatic carbocycles. The van der Waals surface area contributed by atoms with Crippen molar-refractivity contribution in [2.75, 3.05) is 13.7 Å². The van der Waals surface area contributed by atoms with Crippen molar-refractivity contribution >= 4 is 11.6 Å². The molecular weight excluding hydrogens is 316 g/mol. The maximum absolute atomic E-state index is 9.70. The maximum Gasteiger partial charge on any atom is 0.174 e. The second-order valence-corrected chi connectivity index (χ2v) is 5.88. The minimum Gasteiger partial charge on any atom is -0.492 e. The highest BCUT2D eigenvalue weighted by Crippen LogP contribution is 2.33. The topological polar surface area (TPSA) is 73.0 Å². The SMILES string of the molecule is CCOc1cccc(/C=C(\C#N)c2nnc3n2CCCCC3)c1OC. The van der Waals surface area contributed by atoms with Gasteiger partial charge >= 0.3 is 0 Å². The van der Waals surface area contributed by atoms with E-state index in [0.717, 1.165) is 37.2 Å². The molecule has 0 N–H and O–H groups in total. The molecular formula is C19H22N4O2. The Balaban J connectivity index is 2.04. The van der Waals surface area contributed by atoms with Crippen LogP contribution in [0.4, 0.5) is 0 Å². The summed E-state index contributed by atoms with van der Waals surface area (Å²) in [5.41, 5.74) is 1.27. The summed E-state index contributed by atoms with van der Waals surface area (Å²) in [4.78, 5) is 0. The van der Waals surface area contributed by atoms with Gasteiger partial charge in [-0.05, 0) is 31.9 Å². The number of nitrogens with zero attached hydrogens (tertiary/aromatic N) is 4. The minimum atomic E-state index is 0.479. The molecule has 0 aliphatic carbocycles. The summed E-state index contributed by atoms with van der Waals surface area (Å²) in [5, 5.41) is 18.2. The molecule has 0 atom stereocenters. The molecule has 6 nitrogen and oxygen atoms in total. The molecule has 0 unspecified atom stereocenters. The molecule has 6 heteroatoms. The monoisotopic (exact) mass is 338 g/mol. The second-order valence-electron chi connectivity index (χ2n) is 5.88. The van der Waals surface area contributed by atoms with E-state index in [1.807, 2.05) is 25.1 Å². The normalized spacial score (nSPS) is 14.4. The molecule has 3 rings (SSSR count). The molecule has 2 aromatic rings. The van der Waals surface area contributed by atoms with E-state index < -0.39 is 0 Å². The smallest absolute Gasteiger partial charge is 0.174 e. The molecule has 1 aliphatic heterocycles. The van der Waals surface area contributed by atoms with Crippen molar-refractivity contribution in [3.8, 4) is 17.6 Å². The Morgan fingerprint density at radius 1 is 1.32 bits per heavy atom. The highest BCUT2D eigenvalue weighted by atomic mass is 16.5. The fourth-order valence-electron chi connectivity index (χ4n) is 3.12. The number of ether oxygens (including phenoxy) is 2. The van der Waals surface area contributed by atoms with Crippen LogP contribution in [0.25, 0.3) is 11.6 Å². The zero-order valence-corrected chi connectivity index (χ0v) is 14.7. The van der Waals surface area contributed by atoms with Gasteiger partial charge in [-0.25, -0.2) is 0 Å². The van der Waals surface area contributed by atoms with E-state index >= 15 is 0 Å². The van der Waals surface area contributed by atoms with E-state index in [4.69, 9.17) is 9.47 Å². The number of nitriles is 1. The van der Waals surface area contributed by atoms with Crippen LogP contribution in [0, 0.1) is 11.3 Å². The Hall–Kier alpha value is -2.81.